The Balaban J connectivity index is 2.76. The molecule has 0 aliphatic carbocycles. The molecule has 14 heavy (non-hydrogen) atoms. The number of ether oxygens (including phenoxy) is 1. The van der Waals surface area contributed by atoms with Crippen molar-refractivity contribution < 1.29 is 9.53 Å². The minimum Gasteiger partial charge on any atom is -0.464 e. The summed E-state index contributed by atoms with van der Waals surface area (Å²) in [5.41, 5.74) is 8.07. The van der Waals surface area contributed by atoms with Gasteiger partial charge >= 0.3 is 5.97 Å². The average molecular weight is 196 g/mol. The van der Waals surface area contributed by atoms with Crippen molar-refractivity contribution in [1.82, 2.24) is 4.98 Å². The van der Waals surface area contributed by atoms with Crippen LogP contribution in [0.25, 0.3) is 0 Å². The topological polar surface area (TPSA) is 68.1 Å². The van der Waals surface area contributed by atoms with E-state index in [1.54, 1.807) is 6.07 Å². The summed E-state index contributed by atoms with van der Waals surface area (Å²) in [5.74, 6) is -0.327. The molecule has 0 fully saturated rings. The molecule has 0 unspecified atom stereocenters. The zero-order valence-electron chi connectivity index (χ0n) is 8.59. The van der Waals surface area contributed by atoms with E-state index < -0.39 is 0 Å². The predicted molar refractivity (Wildman–Crippen MR) is 54.2 cm³/mol. The first-order valence-electron chi connectivity index (χ1n) is 4.66. The molecule has 0 amide bonds. The zero-order chi connectivity index (χ0) is 10.6. The first-order chi connectivity index (χ1) is 6.69. The van der Waals surface area contributed by atoms with E-state index in [9.17, 15) is 4.79 Å². The lowest BCUT2D eigenvalue weighted by Crippen LogP contribution is -2.03. The van der Waals surface area contributed by atoms with Gasteiger partial charge in [-0.3, -0.25) is 0 Å². The Bertz CT molecular complexity index is 318. The molecule has 0 spiro atoms. The van der Waals surface area contributed by atoms with E-state index >= 15 is 0 Å². The van der Waals surface area contributed by atoms with Crippen LogP contribution in [-0.2, 0) is 11.2 Å². The van der Waals surface area contributed by atoms with Gasteiger partial charge in [0.15, 0.2) is 0 Å². The summed E-state index contributed by atoms with van der Waals surface area (Å²) in [7, 11) is 1.37. The maximum absolute atomic E-state index is 11.2. The number of carbonyl (C=O) groups excluding carboxylic acids is 1. The number of carbonyl (C=O) groups is 1. The van der Waals surface area contributed by atoms with E-state index in [4.69, 9.17) is 5.73 Å². The SMILES string of the molecule is COC(=O)c1cc(C)c(CCCN)[nH]1. The second-order valence-corrected chi connectivity index (χ2v) is 3.23. The van der Waals surface area contributed by atoms with Gasteiger partial charge < -0.3 is 15.5 Å². The van der Waals surface area contributed by atoms with Gasteiger partial charge in [-0.1, -0.05) is 0 Å². The van der Waals surface area contributed by atoms with Crippen LogP contribution in [0, 0.1) is 6.92 Å². The minimum atomic E-state index is -0.327. The number of H-pyrrole nitrogens is 1. The Hall–Kier alpha value is -1.29. The number of nitrogens with two attached hydrogens (primary N) is 1. The molecule has 1 aromatic heterocycles. The molecule has 0 atom stereocenters. The van der Waals surface area contributed by atoms with Gasteiger partial charge in [-0.25, -0.2) is 4.79 Å². The minimum absolute atomic E-state index is 0.327. The smallest absolute Gasteiger partial charge is 0.354 e. The van der Waals surface area contributed by atoms with Gasteiger partial charge in [0.1, 0.15) is 5.69 Å². The van der Waals surface area contributed by atoms with Crippen LogP contribution < -0.4 is 5.73 Å². The molecule has 0 radical (unpaired) electrons. The normalized spacial score (nSPS) is 10.2. The summed E-state index contributed by atoms with van der Waals surface area (Å²) in [4.78, 5) is 14.2. The predicted octanol–water partition coefficient (Wildman–Crippen LogP) is 1.00. The second-order valence-electron chi connectivity index (χ2n) is 3.23. The Kier molecular flexibility index (Phi) is 3.71. The van der Waals surface area contributed by atoms with E-state index in [-0.39, 0.29) is 5.97 Å². The highest BCUT2D eigenvalue weighted by Gasteiger charge is 2.10. The number of aryl methyl sites for hydroxylation is 2. The molecule has 0 saturated heterocycles. The number of aromatic nitrogens is 1. The van der Waals surface area contributed by atoms with Gasteiger partial charge in [0.05, 0.1) is 7.11 Å². The van der Waals surface area contributed by atoms with E-state index in [0.29, 0.717) is 12.2 Å². The molecule has 4 nitrogen and oxygen atoms in total. The molecule has 0 aromatic carbocycles. The highest BCUT2D eigenvalue weighted by Crippen LogP contribution is 2.12. The molecular weight excluding hydrogens is 180 g/mol. The molecule has 1 heterocycles. The van der Waals surface area contributed by atoms with E-state index in [0.717, 1.165) is 24.1 Å². The lowest BCUT2D eigenvalue weighted by molar-refractivity contribution is 0.0594. The van der Waals surface area contributed by atoms with Crippen LogP contribution in [0.3, 0.4) is 0 Å². The maximum Gasteiger partial charge on any atom is 0.354 e. The van der Waals surface area contributed by atoms with Gasteiger partial charge in [-0.05, 0) is 37.9 Å². The number of hydrogen-bond acceptors (Lipinski definition) is 3. The van der Waals surface area contributed by atoms with E-state index in [2.05, 4.69) is 9.72 Å². The molecule has 0 aliphatic rings. The lowest BCUT2D eigenvalue weighted by Gasteiger charge is -1.97. The molecule has 0 bridgehead atoms. The van der Waals surface area contributed by atoms with Crippen molar-refractivity contribution in [3.8, 4) is 0 Å². The van der Waals surface area contributed by atoms with Gasteiger partial charge in [0.2, 0.25) is 0 Å². The number of aromatic amines is 1. The highest BCUT2D eigenvalue weighted by molar-refractivity contribution is 5.87. The first kappa shape index (κ1) is 10.8. The fourth-order valence-corrected chi connectivity index (χ4v) is 1.36. The third-order valence-corrected chi connectivity index (χ3v) is 2.16. The third-order valence-electron chi connectivity index (χ3n) is 2.16. The molecule has 1 rings (SSSR count). The number of rotatable bonds is 4. The molecule has 0 aliphatic heterocycles. The van der Waals surface area contributed by atoms with Crippen molar-refractivity contribution in [3.05, 3.63) is 23.0 Å². The zero-order valence-corrected chi connectivity index (χ0v) is 8.59. The summed E-state index contributed by atoms with van der Waals surface area (Å²) in [6.07, 6.45) is 1.79. The van der Waals surface area contributed by atoms with Crippen molar-refractivity contribution in [2.45, 2.75) is 19.8 Å². The van der Waals surface area contributed by atoms with Gasteiger partial charge in [-0.2, -0.15) is 0 Å². The standard InChI is InChI=1S/C10H16N2O2/c1-7-6-9(10(13)14-2)12-8(7)4-3-5-11/h6,12H,3-5,11H2,1-2H3. The van der Waals surface area contributed by atoms with Gasteiger partial charge in [-0.15, -0.1) is 0 Å². The summed E-state index contributed by atoms with van der Waals surface area (Å²) in [5, 5.41) is 0. The monoisotopic (exact) mass is 196 g/mol. The first-order valence-corrected chi connectivity index (χ1v) is 4.66. The number of hydrogen-bond donors (Lipinski definition) is 2. The summed E-state index contributed by atoms with van der Waals surface area (Å²) in [6, 6.07) is 1.80. The van der Waals surface area contributed by atoms with Crippen LogP contribution in [0.4, 0.5) is 0 Å². The van der Waals surface area contributed by atoms with Gasteiger partial charge in [0, 0.05) is 5.69 Å². The molecule has 3 N–H and O–H groups in total. The largest absolute Gasteiger partial charge is 0.464 e. The van der Waals surface area contributed by atoms with Crippen LogP contribution in [0.2, 0.25) is 0 Å². The van der Waals surface area contributed by atoms with Crippen molar-refractivity contribution in [3.63, 3.8) is 0 Å². The van der Waals surface area contributed by atoms with E-state index in [1.165, 1.54) is 7.11 Å². The second kappa shape index (κ2) is 4.81. The van der Waals surface area contributed by atoms with Crippen molar-refractivity contribution >= 4 is 5.97 Å². The van der Waals surface area contributed by atoms with Crippen LogP contribution in [0.15, 0.2) is 6.07 Å². The molecule has 0 saturated carbocycles. The van der Waals surface area contributed by atoms with Crippen LogP contribution in [0.1, 0.15) is 28.2 Å². The average Bonchev–Trinajstić information content (AvgIpc) is 2.56. The summed E-state index contributed by atoms with van der Waals surface area (Å²) >= 11 is 0. The van der Waals surface area contributed by atoms with Crippen LogP contribution in [-0.4, -0.2) is 24.6 Å². The summed E-state index contributed by atoms with van der Waals surface area (Å²) < 4.78 is 4.61. The van der Waals surface area contributed by atoms with Crippen LogP contribution in [0.5, 0.6) is 0 Å². The molecule has 78 valence electrons. The van der Waals surface area contributed by atoms with Crippen molar-refractivity contribution in [1.29, 1.82) is 0 Å². The molecule has 4 heteroatoms. The lowest BCUT2D eigenvalue weighted by atomic mass is 10.2. The Morgan fingerprint density at radius 1 is 1.64 bits per heavy atom. The Morgan fingerprint density at radius 2 is 2.36 bits per heavy atom. The Morgan fingerprint density at radius 3 is 2.93 bits per heavy atom. The van der Waals surface area contributed by atoms with Crippen LogP contribution >= 0.6 is 0 Å². The number of methoxy groups -OCH3 is 1. The number of nitrogens with one attached hydrogen (secondary N) is 1. The maximum atomic E-state index is 11.2. The number of esters is 1. The van der Waals surface area contributed by atoms with Crippen molar-refractivity contribution in [2.24, 2.45) is 5.73 Å². The fourth-order valence-electron chi connectivity index (χ4n) is 1.36. The third kappa shape index (κ3) is 2.35. The quantitative estimate of drug-likeness (QED) is 0.706. The van der Waals surface area contributed by atoms with E-state index in [1.807, 2.05) is 6.92 Å². The molecule has 1 aromatic rings. The fraction of sp³-hybridized carbons (Fsp3) is 0.500. The Labute approximate surface area is 83.4 Å². The van der Waals surface area contributed by atoms with Crippen molar-refractivity contribution in [2.75, 3.05) is 13.7 Å². The summed E-state index contributed by atoms with van der Waals surface area (Å²) in [6.45, 7) is 2.63. The highest BCUT2D eigenvalue weighted by atomic mass is 16.5. The molecular formula is C10H16N2O2. The van der Waals surface area contributed by atoms with Gasteiger partial charge in [0.25, 0.3) is 0 Å².